The lowest BCUT2D eigenvalue weighted by atomic mass is 9.89. The number of H-pyrrole nitrogens is 1. The lowest BCUT2D eigenvalue weighted by molar-refractivity contribution is -0.149. The summed E-state index contributed by atoms with van der Waals surface area (Å²) in [6.45, 7) is 5.63. The van der Waals surface area contributed by atoms with E-state index in [0.29, 0.717) is 10.8 Å². The zero-order chi connectivity index (χ0) is 28.3. The number of rotatable bonds is 9. The first-order valence-corrected chi connectivity index (χ1v) is 12.8. The number of benzene rings is 1. The third-order valence-electron chi connectivity index (χ3n) is 5.40. The molecule has 1 aromatic carbocycles. The van der Waals surface area contributed by atoms with Crippen LogP contribution in [0.25, 0.3) is 0 Å². The van der Waals surface area contributed by atoms with Crippen LogP contribution in [-0.2, 0) is 29.1 Å². The molecule has 15 heteroatoms. The van der Waals surface area contributed by atoms with Crippen LogP contribution in [0.15, 0.2) is 64.2 Å². The van der Waals surface area contributed by atoms with Gasteiger partial charge in [-0.15, -0.1) is 0 Å². The van der Waals surface area contributed by atoms with Crippen molar-refractivity contribution < 1.29 is 38.1 Å². The van der Waals surface area contributed by atoms with Gasteiger partial charge in [-0.3, -0.25) is 14.6 Å². The van der Waals surface area contributed by atoms with E-state index >= 15 is 0 Å². The smallest absolute Gasteiger partial charge is 0.462 e. The number of aliphatic hydroxyl groups excluding tert-OH is 1. The highest BCUT2D eigenvalue weighted by atomic mass is 31.2. The van der Waals surface area contributed by atoms with Crippen molar-refractivity contribution in [3.8, 4) is 11.8 Å². The average molecular weight is 550 g/mol. The molecule has 5 atom stereocenters. The second-order valence-corrected chi connectivity index (χ2v) is 10.4. The number of nitriles is 1. The van der Waals surface area contributed by atoms with Crippen molar-refractivity contribution >= 4 is 13.7 Å². The van der Waals surface area contributed by atoms with Crippen molar-refractivity contribution in [1.29, 1.82) is 5.26 Å². The summed E-state index contributed by atoms with van der Waals surface area (Å²) < 4.78 is 35.6. The van der Waals surface area contributed by atoms with Gasteiger partial charge in [-0.1, -0.05) is 18.2 Å². The minimum absolute atomic E-state index is 0.0946. The van der Waals surface area contributed by atoms with Gasteiger partial charge in [0.15, 0.2) is 11.4 Å². The monoisotopic (exact) mass is 550 g/mol. The van der Waals surface area contributed by atoms with E-state index in [1.807, 2.05) is 4.98 Å². The first-order chi connectivity index (χ1) is 17.7. The maximum atomic E-state index is 13.6. The first-order valence-electron chi connectivity index (χ1n) is 11.3. The fraction of sp³-hybridized carbons (Fsp3) is 0.391. The number of aromatic amines is 1. The summed E-state index contributed by atoms with van der Waals surface area (Å²) in [5.74, 6) is -1.27. The molecule has 1 aromatic heterocycles. The Morgan fingerprint density at radius 2 is 1.95 bits per heavy atom. The summed E-state index contributed by atoms with van der Waals surface area (Å²) >= 11 is 0. The van der Waals surface area contributed by atoms with Crippen molar-refractivity contribution in [2.24, 2.45) is 0 Å². The molecule has 0 bridgehead atoms. The Morgan fingerprint density at radius 3 is 2.53 bits per heavy atom. The summed E-state index contributed by atoms with van der Waals surface area (Å²) in [5.41, 5.74) is -6.90. The highest BCUT2D eigenvalue weighted by Crippen LogP contribution is 2.48. The largest absolute Gasteiger partial charge is 0.513 e. The van der Waals surface area contributed by atoms with E-state index in [9.17, 15) is 34.4 Å². The second-order valence-electron chi connectivity index (χ2n) is 8.75. The zero-order valence-electron chi connectivity index (χ0n) is 20.9. The van der Waals surface area contributed by atoms with Gasteiger partial charge in [0.2, 0.25) is 0 Å². The topological polar surface area (TPSA) is 202 Å². The van der Waals surface area contributed by atoms with Gasteiger partial charge < -0.3 is 28.7 Å². The fourth-order valence-electron chi connectivity index (χ4n) is 3.47. The van der Waals surface area contributed by atoms with Crippen LogP contribution in [0.4, 0.5) is 0 Å². The summed E-state index contributed by atoms with van der Waals surface area (Å²) in [5, 5.41) is 34.1. The Morgan fingerprint density at radius 1 is 1.29 bits per heavy atom. The average Bonchev–Trinajstić information content (AvgIpc) is 3.03. The van der Waals surface area contributed by atoms with Crippen LogP contribution in [0, 0.1) is 11.3 Å². The van der Waals surface area contributed by atoms with Crippen molar-refractivity contribution in [3.63, 3.8) is 0 Å². The van der Waals surface area contributed by atoms with E-state index in [4.69, 9.17) is 18.5 Å². The van der Waals surface area contributed by atoms with Crippen molar-refractivity contribution in [1.82, 2.24) is 14.6 Å². The minimum atomic E-state index is -4.45. The van der Waals surface area contributed by atoms with Gasteiger partial charge in [0.1, 0.15) is 30.2 Å². The second kappa shape index (κ2) is 10.8. The summed E-state index contributed by atoms with van der Waals surface area (Å²) in [4.78, 5) is 38.1. The predicted octanol–water partition coefficient (Wildman–Crippen LogP) is 0.830. The maximum Gasteiger partial charge on any atom is 0.513 e. The number of hydrogen-bond acceptors (Lipinski definition) is 11. The Balaban J connectivity index is 1.98. The molecule has 4 N–H and O–H groups in total. The van der Waals surface area contributed by atoms with Crippen LogP contribution in [0.5, 0.6) is 5.75 Å². The number of carbonyl (C=O) groups is 1. The summed E-state index contributed by atoms with van der Waals surface area (Å²) in [6, 6.07) is 9.19. The number of para-hydroxylation sites is 1. The number of nitrogens with zero attached hydrogens (tertiary/aromatic N) is 2. The van der Waals surface area contributed by atoms with E-state index in [1.54, 1.807) is 38.1 Å². The maximum absolute atomic E-state index is 13.6. The van der Waals surface area contributed by atoms with Gasteiger partial charge >= 0.3 is 25.1 Å². The number of ether oxygens (including phenoxy) is 2. The van der Waals surface area contributed by atoms with Crippen LogP contribution in [0.3, 0.4) is 0 Å². The van der Waals surface area contributed by atoms with E-state index in [-0.39, 0.29) is 5.75 Å². The molecule has 1 aliphatic heterocycles. The van der Waals surface area contributed by atoms with Crippen LogP contribution in [-0.4, -0.2) is 49.6 Å². The molecule has 2 heterocycles. The molecule has 1 aliphatic rings. The highest BCUT2D eigenvalue weighted by molar-refractivity contribution is 7.52. The van der Waals surface area contributed by atoms with Crippen LogP contribution in [0.1, 0.15) is 27.7 Å². The Labute approximate surface area is 216 Å². The van der Waals surface area contributed by atoms with Gasteiger partial charge in [0.25, 0.3) is 5.56 Å². The predicted molar refractivity (Wildman–Crippen MR) is 130 cm³/mol. The standard InChI is InChI=1S/C23H27N4O10P/c1-14(2)35-20(30)15(3)26-38(33,37-16-8-6-5-7-9-16)34-12-17-19(29)22(4,32)23(13-24,36-17)27-11-10-18(28)25-21(27)31/h5-12,14-15,19,29,32H,1-4H3,(H,26,33)(H,25,28,31)/b17-12-/t15-,19+,22+,23+,38?/m0/s1. The minimum Gasteiger partial charge on any atom is -0.462 e. The molecule has 3 rings (SSSR count). The molecule has 1 saturated heterocycles. The van der Waals surface area contributed by atoms with Crippen LogP contribution < -0.4 is 20.9 Å². The lowest BCUT2D eigenvalue weighted by Gasteiger charge is -2.33. The molecule has 14 nitrogen and oxygen atoms in total. The Bertz CT molecular complexity index is 1410. The molecule has 0 spiro atoms. The molecule has 38 heavy (non-hydrogen) atoms. The molecule has 0 amide bonds. The summed E-state index contributed by atoms with van der Waals surface area (Å²) in [7, 11) is -4.45. The molecule has 1 fully saturated rings. The molecule has 0 saturated carbocycles. The SMILES string of the molecule is CC(C)OC(=O)[C@H](C)NP(=O)(O/C=C1\O[C@@](C#N)(n2ccc(=O)[nH]c2=O)[C@](C)(O)[C@@H]1O)Oc1ccccc1. The molecule has 204 valence electrons. The van der Waals surface area contributed by atoms with Crippen molar-refractivity contribution in [3.05, 3.63) is 75.5 Å². The van der Waals surface area contributed by atoms with Crippen molar-refractivity contribution in [2.75, 3.05) is 0 Å². The van der Waals surface area contributed by atoms with E-state index in [2.05, 4.69) is 5.09 Å². The first kappa shape index (κ1) is 28.7. The molecule has 1 unspecified atom stereocenters. The van der Waals surface area contributed by atoms with Gasteiger partial charge in [0.05, 0.1) is 6.10 Å². The molecule has 0 aliphatic carbocycles. The highest BCUT2D eigenvalue weighted by Gasteiger charge is 2.65. The number of aromatic nitrogens is 2. The van der Waals surface area contributed by atoms with Crippen molar-refractivity contribution in [2.45, 2.75) is 57.3 Å². The van der Waals surface area contributed by atoms with Gasteiger partial charge in [0, 0.05) is 12.3 Å². The quantitative estimate of drug-likeness (QED) is 0.195. The Hall–Kier alpha value is -3.89. The summed E-state index contributed by atoms with van der Waals surface area (Å²) in [6.07, 6.45) is -0.896. The van der Waals surface area contributed by atoms with Gasteiger partial charge in [-0.25, -0.2) is 13.9 Å². The van der Waals surface area contributed by atoms with Gasteiger partial charge in [-0.05, 0) is 39.8 Å². The molecular formula is C23H27N4O10P. The third kappa shape index (κ3) is 5.66. The molecular weight excluding hydrogens is 523 g/mol. The normalized spacial score (nSPS) is 26.2. The number of aliphatic hydroxyl groups is 2. The number of esters is 1. The Kier molecular flexibility index (Phi) is 8.18. The molecule has 2 aromatic rings. The lowest BCUT2D eigenvalue weighted by Crippen LogP contribution is -2.58. The number of nitrogens with one attached hydrogen (secondary N) is 2. The van der Waals surface area contributed by atoms with E-state index in [1.165, 1.54) is 19.1 Å². The number of hydrogen-bond donors (Lipinski definition) is 4. The van der Waals surface area contributed by atoms with Gasteiger partial charge in [-0.2, -0.15) is 10.3 Å². The number of carbonyl (C=O) groups excluding carboxylic acids is 1. The van der Waals surface area contributed by atoms with Crippen LogP contribution in [0.2, 0.25) is 0 Å². The van der Waals surface area contributed by atoms with E-state index < -0.39 is 60.3 Å². The van der Waals surface area contributed by atoms with Crippen LogP contribution >= 0.6 is 7.75 Å². The zero-order valence-corrected chi connectivity index (χ0v) is 21.7. The fourth-order valence-corrected chi connectivity index (χ4v) is 4.85. The van der Waals surface area contributed by atoms with E-state index in [0.717, 1.165) is 19.2 Å². The molecule has 0 radical (unpaired) electrons. The third-order valence-corrected chi connectivity index (χ3v) is 6.94.